The molecule has 6 nitrogen and oxygen atoms in total. The van der Waals surface area contributed by atoms with Crippen molar-refractivity contribution in [2.75, 3.05) is 20.1 Å². The lowest BCUT2D eigenvalue weighted by Gasteiger charge is -2.33. The smallest absolute Gasteiger partial charge is 0.320 e. The lowest BCUT2D eigenvalue weighted by molar-refractivity contribution is -0.143. The number of carboxylic acid groups (broad SMARTS) is 1. The average Bonchev–Trinajstić information content (AvgIpc) is 2.47. The molecule has 6 heteroatoms. The minimum absolute atomic E-state index is 0.0503. The number of carboxylic acids is 1. The molecule has 0 unspecified atom stereocenters. The number of hydrogen-bond donors (Lipinski definition) is 1. The Labute approximate surface area is 118 Å². The van der Waals surface area contributed by atoms with Crippen molar-refractivity contribution in [1.29, 1.82) is 0 Å². The van der Waals surface area contributed by atoms with Crippen LogP contribution in [0, 0.1) is 5.92 Å². The third kappa shape index (κ3) is 3.46. The van der Waals surface area contributed by atoms with Crippen molar-refractivity contribution in [3.05, 3.63) is 30.1 Å². The van der Waals surface area contributed by atoms with Gasteiger partial charge in [-0.3, -0.25) is 9.78 Å². The Balaban J connectivity index is 1.87. The summed E-state index contributed by atoms with van der Waals surface area (Å²) in [7, 11) is 1.76. The molecule has 1 aliphatic heterocycles. The summed E-state index contributed by atoms with van der Waals surface area (Å²) in [6.07, 6.45) is 4.46. The van der Waals surface area contributed by atoms with Crippen molar-refractivity contribution in [2.45, 2.75) is 19.4 Å². The van der Waals surface area contributed by atoms with Crippen molar-refractivity contribution in [1.82, 2.24) is 14.8 Å². The molecule has 2 rings (SSSR count). The molecule has 0 spiro atoms. The second kappa shape index (κ2) is 6.36. The number of urea groups is 1. The van der Waals surface area contributed by atoms with Crippen LogP contribution < -0.4 is 0 Å². The van der Waals surface area contributed by atoms with Gasteiger partial charge >= 0.3 is 12.0 Å². The number of nitrogens with zero attached hydrogens (tertiary/aromatic N) is 3. The van der Waals surface area contributed by atoms with E-state index < -0.39 is 5.97 Å². The van der Waals surface area contributed by atoms with Gasteiger partial charge in [-0.05, 0) is 30.5 Å². The molecule has 0 radical (unpaired) electrons. The predicted molar refractivity (Wildman–Crippen MR) is 73.0 cm³/mol. The third-order valence-corrected chi connectivity index (χ3v) is 3.61. The Hall–Kier alpha value is -2.11. The number of likely N-dealkylation sites (tertiary alicyclic amines) is 1. The highest BCUT2D eigenvalue weighted by Gasteiger charge is 2.28. The molecule has 20 heavy (non-hydrogen) atoms. The van der Waals surface area contributed by atoms with Gasteiger partial charge in [0, 0.05) is 39.1 Å². The quantitative estimate of drug-likeness (QED) is 0.907. The highest BCUT2D eigenvalue weighted by molar-refractivity contribution is 5.75. The molecule has 1 N–H and O–H groups in total. The first-order valence-electron chi connectivity index (χ1n) is 6.69. The number of carbonyl (C=O) groups is 2. The molecule has 0 aliphatic carbocycles. The predicted octanol–water partition coefficient (Wildman–Crippen LogP) is 1.43. The van der Waals surface area contributed by atoms with Crippen LogP contribution in [0.4, 0.5) is 4.79 Å². The summed E-state index contributed by atoms with van der Waals surface area (Å²) < 4.78 is 0. The lowest BCUT2D eigenvalue weighted by atomic mass is 9.97. The summed E-state index contributed by atoms with van der Waals surface area (Å²) in [5.41, 5.74) is 1.02. The normalized spacial score (nSPS) is 15.9. The maximum Gasteiger partial charge on any atom is 0.320 e. The third-order valence-electron chi connectivity index (χ3n) is 3.61. The lowest BCUT2D eigenvalue weighted by Crippen LogP contribution is -2.45. The van der Waals surface area contributed by atoms with Crippen LogP contribution in [0.1, 0.15) is 18.4 Å². The van der Waals surface area contributed by atoms with E-state index in [-0.39, 0.29) is 11.9 Å². The topological polar surface area (TPSA) is 73.7 Å². The second-order valence-corrected chi connectivity index (χ2v) is 5.09. The van der Waals surface area contributed by atoms with Crippen LogP contribution >= 0.6 is 0 Å². The minimum Gasteiger partial charge on any atom is -0.481 e. The Bertz CT molecular complexity index is 470. The van der Waals surface area contributed by atoms with Gasteiger partial charge in [0.15, 0.2) is 0 Å². The second-order valence-electron chi connectivity index (χ2n) is 5.09. The molecule has 1 aromatic rings. The van der Waals surface area contributed by atoms with Gasteiger partial charge in [-0.25, -0.2) is 4.79 Å². The van der Waals surface area contributed by atoms with Gasteiger partial charge in [0.2, 0.25) is 0 Å². The Morgan fingerprint density at radius 1 is 1.35 bits per heavy atom. The first-order valence-corrected chi connectivity index (χ1v) is 6.69. The van der Waals surface area contributed by atoms with E-state index in [2.05, 4.69) is 4.98 Å². The number of hydrogen-bond acceptors (Lipinski definition) is 3. The fourth-order valence-electron chi connectivity index (χ4n) is 2.39. The molecule has 2 heterocycles. The number of aliphatic carboxylic acids is 1. The summed E-state index contributed by atoms with van der Waals surface area (Å²) in [6, 6.07) is 3.70. The molecule has 2 amide bonds. The zero-order valence-corrected chi connectivity index (χ0v) is 11.5. The number of amides is 2. The zero-order valence-electron chi connectivity index (χ0n) is 11.5. The molecule has 1 fully saturated rings. The summed E-state index contributed by atoms with van der Waals surface area (Å²) in [5, 5.41) is 8.95. The number of pyridine rings is 1. The van der Waals surface area contributed by atoms with Crippen molar-refractivity contribution >= 4 is 12.0 Å². The molecule has 0 saturated carbocycles. The molecule has 1 aliphatic rings. The molecule has 1 saturated heterocycles. The Kier molecular flexibility index (Phi) is 4.55. The van der Waals surface area contributed by atoms with Crippen LogP contribution in [0.15, 0.2) is 24.5 Å². The fourth-order valence-corrected chi connectivity index (χ4v) is 2.39. The zero-order chi connectivity index (χ0) is 14.5. The molecular weight excluding hydrogens is 258 g/mol. The first-order chi connectivity index (χ1) is 9.58. The van der Waals surface area contributed by atoms with Crippen LogP contribution in [-0.4, -0.2) is 52.0 Å². The van der Waals surface area contributed by atoms with E-state index >= 15 is 0 Å². The number of rotatable bonds is 3. The first kappa shape index (κ1) is 14.3. The van der Waals surface area contributed by atoms with Crippen molar-refractivity contribution in [3.8, 4) is 0 Å². The van der Waals surface area contributed by atoms with Crippen LogP contribution in [0.3, 0.4) is 0 Å². The molecular formula is C14H19N3O3. The fraction of sp³-hybridized carbons (Fsp3) is 0.500. The summed E-state index contributed by atoms with van der Waals surface area (Å²) >= 11 is 0. The van der Waals surface area contributed by atoms with Gasteiger partial charge in [-0.1, -0.05) is 0 Å². The molecule has 0 aromatic carbocycles. The molecule has 1 aromatic heterocycles. The largest absolute Gasteiger partial charge is 0.481 e. The highest BCUT2D eigenvalue weighted by Crippen LogP contribution is 2.18. The van der Waals surface area contributed by atoms with Crippen molar-refractivity contribution in [2.24, 2.45) is 5.92 Å². The van der Waals surface area contributed by atoms with E-state index in [4.69, 9.17) is 5.11 Å². The van der Waals surface area contributed by atoms with E-state index in [9.17, 15) is 9.59 Å². The van der Waals surface area contributed by atoms with E-state index in [0.717, 1.165) is 5.56 Å². The summed E-state index contributed by atoms with van der Waals surface area (Å²) in [6.45, 7) is 1.55. The van der Waals surface area contributed by atoms with Crippen LogP contribution in [0.2, 0.25) is 0 Å². The maximum absolute atomic E-state index is 12.3. The maximum atomic E-state index is 12.3. The highest BCUT2D eigenvalue weighted by atomic mass is 16.4. The SMILES string of the molecule is CN(Cc1ccncc1)C(=O)N1CCC(C(=O)O)CC1. The van der Waals surface area contributed by atoms with Crippen LogP contribution in [-0.2, 0) is 11.3 Å². The summed E-state index contributed by atoms with van der Waals surface area (Å²) in [4.78, 5) is 30.5. The Morgan fingerprint density at radius 2 is 1.95 bits per heavy atom. The monoisotopic (exact) mass is 277 g/mol. The van der Waals surface area contributed by atoms with Gasteiger partial charge in [0.1, 0.15) is 0 Å². The molecule has 108 valence electrons. The molecule has 0 bridgehead atoms. The van der Waals surface area contributed by atoms with Gasteiger partial charge in [0.05, 0.1) is 5.92 Å². The van der Waals surface area contributed by atoms with Gasteiger partial charge in [0.25, 0.3) is 0 Å². The van der Waals surface area contributed by atoms with Gasteiger partial charge in [-0.2, -0.15) is 0 Å². The van der Waals surface area contributed by atoms with E-state index in [0.29, 0.717) is 32.5 Å². The van der Waals surface area contributed by atoms with Gasteiger partial charge in [-0.15, -0.1) is 0 Å². The number of piperidine rings is 1. The number of aromatic nitrogens is 1. The van der Waals surface area contributed by atoms with Crippen LogP contribution in [0.5, 0.6) is 0 Å². The average molecular weight is 277 g/mol. The Morgan fingerprint density at radius 3 is 2.50 bits per heavy atom. The van der Waals surface area contributed by atoms with Crippen molar-refractivity contribution < 1.29 is 14.7 Å². The van der Waals surface area contributed by atoms with Crippen LogP contribution in [0.25, 0.3) is 0 Å². The van der Waals surface area contributed by atoms with E-state index in [1.54, 1.807) is 29.2 Å². The van der Waals surface area contributed by atoms with Crippen molar-refractivity contribution in [3.63, 3.8) is 0 Å². The molecule has 0 atom stereocenters. The minimum atomic E-state index is -0.762. The number of carbonyl (C=O) groups excluding carboxylic acids is 1. The van der Waals surface area contributed by atoms with E-state index in [1.165, 1.54) is 0 Å². The standard InChI is InChI=1S/C14H19N3O3/c1-16(10-11-2-6-15-7-3-11)14(20)17-8-4-12(5-9-17)13(18)19/h2-3,6-7,12H,4-5,8-10H2,1H3,(H,18,19). The van der Waals surface area contributed by atoms with E-state index in [1.807, 2.05) is 12.1 Å². The summed E-state index contributed by atoms with van der Waals surface area (Å²) in [5.74, 6) is -1.08. The van der Waals surface area contributed by atoms with Gasteiger partial charge < -0.3 is 14.9 Å².